The van der Waals surface area contributed by atoms with Crippen LogP contribution < -0.4 is 15.4 Å². The van der Waals surface area contributed by atoms with Gasteiger partial charge in [0.15, 0.2) is 12.3 Å². The van der Waals surface area contributed by atoms with Crippen LogP contribution in [0.5, 0.6) is 5.75 Å². The molecule has 0 unspecified atom stereocenters. The molecule has 3 aromatic rings. The Kier molecular flexibility index (Phi) is 6.46. The summed E-state index contributed by atoms with van der Waals surface area (Å²) in [5, 5.41) is 7.75. The number of para-hydroxylation sites is 1. The smallest absolute Gasteiger partial charge is 0.358 e. The fourth-order valence-electron chi connectivity index (χ4n) is 2.91. The lowest BCUT2D eigenvalue weighted by atomic mass is 10.1. The van der Waals surface area contributed by atoms with Crippen LogP contribution in [0.1, 0.15) is 33.7 Å². The van der Waals surface area contributed by atoms with Crippen LogP contribution in [0, 0.1) is 0 Å². The molecular weight excluding hydrogens is 430 g/mol. The number of anilines is 1. The number of carbonyl (C=O) groups excluding carboxylic acids is 3. The van der Waals surface area contributed by atoms with Gasteiger partial charge in [0, 0.05) is 17.0 Å². The van der Waals surface area contributed by atoms with E-state index in [1.807, 2.05) is 24.3 Å². The normalized spacial score (nSPS) is 12.7. The van der Waals surface area contributed by atoms with Crippen LogP contribution in [0.25, 0.3) is 10.6 Å². The van der Waals surface area contributed by atoms with Gasteiger partial charge in [-0.05, 0) is 49.2 Å². The largest absolute Gasteiger partial charge is 0.497 e. The number of ether oxygens (including phenoxy) is 2. The van der Waals surface area contributed by atoms with Crippen molar-refractivity contribution in [3.05, 3.63) is 65.2 Å². The first-order valence-electron chi connectivity index (χ1n) is 10.0. The van der Waals surface area contributed by atoms with E-state index in [2.05, 4.69) is 15.6 Å². The summed E-state index contributed by atoms with van der Waals surface area (Å²) in [6.45, 7) is -0.493. The molecule has 8 nitrogen and oxygen atoms in total. The van der Waals surface area contributed by atoms with E-state index >= 15 is 0 Å². The van der Waals surface area contributed by atoms with E-state index in [0.29, 0.717) is 16.3 Å². The molecule has 1 aliphatic rings. The number of nitrogens with zero attached hydrogens (tertiary/aromatic N) is 1. The highest BCUT2D eigenvalue weighted by Gasteiger charge is 2.25. The van der Waals surface area contributed by atoms with Crippen LogP contribution in [0.2, 0.25) is 0 Å². The first-order valence-corrected chi connectivity index (χ1v) is 10.9. The van der Waals surface area contributed by atoms with Crippen LogP contribution in [-0.2, 0) is 9.53 Å². The second-order valence-electron chi connectivity index (χ2n) is 7.18. The average molecular weight is 452 g/mol. The minimum Gasteiger partial charge on any atom is -0.497 e. The molecule has 0 aliphatic heterocycles. The molecule has 164 valence electrons. The van der Waals surface area contributed by atoms with Crippen LogP contribution >= 0.6 is 11.3 Å². The van der Waals surface area contributed by atoms with Gasteiger partial charge in [-0.1, -0.05) is 12.1 Å². The Bertz CT molecular complexity index is 1140. The Balaban J connectivity index is 1.33. The molecule has 1 fully saturated rings. The zero-order chi connectivity index (χ0) is 22.5. The van der Waals surface area contributed by atoms with E-state index in [1.165, 1.54) is 11.3 Å². The molecule has 2 amide bonds. The minimum atomic E-state index is -0.698. The Hall–Kier alpha value is -3.72. The first-order chi connectivity index (χ1) is 15.5. The van der Waals surface area contributed by atoms with Gasteiger partial charge in [0.05, 0.1) is 18.4 Å². The van der Waals surface area contributed by atoms with Gasteiger partial charge in [-0.15, -0.1) is 11.3 Å². The molecule has 32 heavy (non-hydrogen) atoms. The third kappa shape index (κ3) is 5.30. The van der Waals surface area contributed by atoms with Gasteiger partial charge >= 0.3 is 5.97 Å². The van der Waals surface area contributed by atoms with Gasteiger partial charge in [-0.3, -0.25) is 9.59 Å². The third-order valence-electron chi connectivity index (χ3n) is 4.74. The molecule has 4 rings (SSSR count). The van der Waals surface area contributed by atoms with Gasteiger partial charge in [0.25, 0.3) is 11.8 Å². The zero-order valence-corrected chi connectivity index (χ0v) is 18.1. The summed E-state index contributed by atoms with van der Waals surface area (Å²) < 4.78 is 10.2. The van der Waals surface area contributed by atoms with Crippen molar-refractivity contribution in [3.8, 4) is 16.3 Å². The maximum Gasteiger partial charge on any atom is 0.358 e. The van der Waals surface area contributed by atoms with Crippen molar-refractivity contribution in [1.82, 2.24) is 10.3 Å². The van der Waals surface area contributed by atoms with Crippen LogP contribution in [0.15, 0.2) is 53.9 Å². The Labute approximate surface area is 188 Å². The molecule has 1 aromatic heterocycles. The average Bonchev–Trinajstić information content (AvgIpc) is 3.49. The number of amides is 2. The number of carbonyl (C=O) groups is 3. The van der Waals surface area contributed by atoms with E-state index in [-0.39, 0.29) is 17.6 Å². The van der Waals surface area contributed by atoms with Crippen molar-refractivity contribution < 1.29 is 23.9 Å². The molecule has 2 aromatic carbocycles. The fourth-order valence-corrected chi connectivity index (χ4v) is 3.70. The first kappa shape index (κ1) is 21.5. The zero-order valence-electron chi connectivity index (χ0n) is 17.3. The number of nitrogens with one attached hydrogen (secondary N) is 2. The van der Waals surface area contributed by atoms with Gasteiger partial charge in [0.2, 0.25) is 0 Å². The summed E-state index contributed by atoms with van der Waals surface area (Å²) >= 11 is 1.30. The maximum atomic E-state index is 12.3. The predicted molar refractivity (Wildman–Crippen MR) is 120 cm³/mol. The fraction of sp³-hybridized carbons (Fsp3) is 0.217. The molecule has 0 saturated heterocycles. The number of rotatable bonds is 8. The third-order valence-corrected chi connectivity index (χ3v) is 5.63. The highest BCUT2D eigenvalue weighted by molar-refractivity contribution is 7.13. The van der Waals surface area contributed by atoms with Gasteiger partial charge in [-0.25, -0.2) is 9.78 Å². The monoisotopic (exact) mass is 451 g/mol. The topological polar surface area (TPSA) is 107 Å². The Morgan fingerprint density at radius 1 is 1.09 bits per heavy atom. The lowest BCUT2D eigenvalue weighted by Crippen LogP contribution is -2.28. The highest BCUT2D eigenvalue weighted by Crippen LogP contribution is 2.26. The molecule has 1 heterocycles. The van der Waals surface area contributed by atoms with Gasteiger partial charge < -0.3 is 20.1 Å². The minimum absolute atomic E-state index is 0.123. The second kappa shape index (κ2) is 9.61. The number of hydrogen-bond acceptors (Lipinski definition) is 7. The van der Waals surface area contributed by atoms with Crippen molar-refractivity contribution in [2.45, 2.75) is 18.9 Å². The molecule has 0 radical (unpaired) electrons. The van der Waals surface area contributed by atoms with E-state index < -0.39 is 18.5 Å². The maximum absolute atomic E-state index is 12.3. The SMILES string of the molecule is COc1ccc(-c2nc(C(=O)OCC(=O)Nc3ccccc3C(=O)NC3CC3)cs2)cc1. The number of hydrogen-bond donors (Lipinski definition) is 2. The number of benzene rings is 2. The number of methoxy groups -OCH3 is 1. The Morgan fingerprint density at radius 2 is 1.84 bits per heavy atom. The Morgan fingerprint density at radius 3 is 2.56 bits per heavy atom. The molecule has 0 spiro atoms. The van der Waals surface area contributed by atoms with Crippen LogP contribution in [0.4, 0.5) is 5.69 Å². The quantitative estimate of drug-likeness (QED) is 0.508. The van der Waals surface area contributed by atoms with Crippen molar-refractivity contribution in [3.63, 3.8) is 0 Å². The summed E-state index contributed by atoms with van der Waals surface area (Å²) in [5.41, 5.74) is 1.69. The molecule has 9 heteroatoms. The highest BCUT2D eigenvalue weighted by atomic mass is 32.1. The summed E-state index contributed by atoms with van der Waals surface area (Å²) in [6, 6.07) is 14.2. The van der Waals surface area contributed by atoms with E-state index in [4.69, 9.17) is 9.47 Å². The van der Waals surface area contributed by atoms with Gasteiger partial charge in [-0.2, -0.15) is 0 Å². The number of thiazole rings is 1. The standard InChI is InChI=1S/C23H21N3O5S/c1-30-16-10-6-14(7-11-16)22-26-19(13-32-22)23(29)31-12-20(27)25-18-5-3-2-4-17(18)21(28)24-15-8-9-15/h2-7,10-11,13,15H,8-9,12H2,1H3,(H,24,28)(H,25,27). The molecule has 0 bridgehead atoms. The predicted octanol–water partition coefficient (Wildman–Crippen LogP) is 3.51. The van der Waals surface area contributed by atoms with E-state index in [1.54, 1.807) is 36.8 Å². The van der Waals surface area contributed by atoms with Crippen molar-refractivity contribution in [1.29, 1.82) is 0 Å². The summed E-state index contributed by atoms with van der Waals surface area (Å²) in [6.07, 6.45) is 1.93. The van der Waals surface area contributed by atoms with E-state index in [9.17, 15) is 14.4 Å². The number of esters is 1. The van der Waals surface area contributed by atoms with Crippen molar-refractivity contribution in [2.75, 3.05) is 19.0 Å². The van der Waals surface area contributed by atoms with Crippen LogP contribution in [0.3, 0.4) is 0 Å². The molecular formula is C23H21N3O5S. The van der Waals surface area contributed by atoms with E-state index in [0.717, 1.165) is 24.2 Å². The molecule has 0 atom stereocenters. The summed E-state index contributed by atoms with van der Waals surface area (Å²) in [5.74, 6) is -0.761. The van der Waals surface area contributed by atoms with Crippen molar-refractivity contribution >= 4 is 34.8 Å². The molecule has 2 N–H and O–H groups in total. The lowest BCUT2D eigenvalue weighted by molar-refractivity contribution is -0.119. The van der Waals surface area contributed by atoms with Crippen LogP contribution in [-0.4, -0.2) is 42.5 Å². The molecule has 1 aliphatic carbocycles. The second-order valence-corrected chi connectivity index (χ2v) is 8.04. The van der Waals surface area contributed by atoms with Gasteiger partial charge in [0.1, 0.15) is 10.8 Å². The van der Waals surface area contributed by atoms with Crippen molar-refractivity contribution in [2.24, 2.45) is 0 Å². The summed E-state index contributed by atoms with van der Waals surface area (Å²) in [4.78, 5) is 41.2. The number of aromatic nitrogens is 1. The lowest BCUT2D eigenvalue weighted by Gasteiger charge is -2.11. The molecule has 1 saturated carbocycles. The summed E-state index contributed by atoms with van der Waals surface area (Å²) in [7, 11) is 1.59.